The minimum Gasteiger partial charge on any atom is -0.315 e. The zero-order valence-corrected chi connectivity index (χ0v) is 17.3. The number of hydrogen-bond acceptors (Lipinski definition) is 7. The molecule has 4 aromatic heterocycles. The molecule has 0 saturated heterocycles. The van der Waals surface area contributed by atoms with E-state index < -0.39 is 28.9 Å². The number of hydrogen-bond donors (Lipinski definition) is 2. The average molecular weight is 465 g/mol. The lowest BCUT2D eigenvalue weighted by Crippen LogP contribution is -2.30. The number of nitrogens with one attached hydrogen (secondary N) is 2. The van der Waals surface area contributed by atoms with Crippen LogP contribution in [0, 0.1) is 6.92 Å². The quantitative estimate of drug-likeness (QED) is 0.474. The summed E-state index contributed by atoms with van der Waals surface area (Å²) in [4.78, 5) is 50.2. The molecule has 0 fully saturated rings. The second-order valence-electron chi connectivity index (χ2n) is 6.80. The summed E-state index contributed by atoms with van der Waals surface area (Å²) < 4.78 is 41.8. The van der Waals surface area contributed by atoms with Crippen LogP contribution in [0.25, 0.3) is 21.7 Å². The first kappa shape index (κ1) is 21.4. The standard InChI is InChI=1S/C18H14F3N7O3S/c1-8-10(18(19,20)21)3-9(4-22-8)16-25-11(6-32-16)24-12(29)5-28-7-23-14-13(28)15(30)26-17(31)27(14)2/h3-4,6-7H,5H2,1-2H3,(H,24,29)(H,26,30,31). The van der Waals surface area contributed by atoms with E-state index in [4.69, 9.17) is 0 Å². The fourth-order valence-electron chi connectivity index (χ4n) is 3.04. The normalized spacial score (nSPS) is 11.8. The van der Waals surface area contributed by atoms with Crippen LogP contribution in [0.4, 0.5) is 19.0 Å². The maximum Gasteiger partial charge on any atom is 0.418 e. The molecule has 4 heterocycles. The number of pyridine rings is 1. The number of fused-ring (bicyclic) bond motifs is 1. The Bertz CT molecular complexity index is 1470. The molecule has 0 aliphatic carbocycles. The third-order valence-corrected chi connectivity index (χ3v) is 5.49. The summed E-state index contributed by atoms with van der Waals surface area (Å²) >= 11 is 1.04. The van der Waals surface area contributed by atoms with E-state index in [1.54, 1.807) is 0 Å². The molecular weight excluding hydrogens is 451 g/mol. The maximum atomic E-state index is 13.1. The van der Waals surface area contributed by atoms with E-state index in [2.05, 4.69) is 25.3 Å². The van der Waals surface area contributed by atoms with Crippen molar-refractivity contribution in [1.82, 2.24) is 29.1 Å². The van der Waals surface area contributed by atoms with Crippen molar-refractivity contribution in [2.24, 2.45) is 7.05 Å². The van der Waals surface area contributed by atoms with E-state index >= 15 is 0 Å². The van der Waals surface area contributed by atoms with Gasteiger partial charge in [-0.05, 0) is 13.0 Å². The van der Waals surface area contributed by atoms with Crippen molar-refractivity contribution in [3.63, 3.8) is 0 Å². The predicted octanol–water partition coefficient (Wildman–Crippen LogP) is 1.91. The van der Waals surface area contributed by atoms with Gasteiger partial charge in [0, 0.05) is 29.9 Å². The molecule has 0 atom stereocenters. The lowest BCUT2D eigenvalue weighted by molar-refractivity contribution is -0.138. The Kier molecular flexibility index (Phi) is 5.16. The molecule has 2 N–H and O–H groups in total. The molecule has 10 nitrogen and oxygen atoms in total. The van der Waals surface area contributed by atoms with Crippen molar-refractivity contribution in [2.75, 3.05) is 5.32 Å². The number of halogens is 3. The number of carbonyl (C=O) groups is 1. The molecule has 0 aromatic carbocycles. The van der Waals surface area contributed by atoms with Crippen LogP contribution in [0.5, 0.6) is 0 Å². The zero-order chi connectivity index (χ0) is 23.2. The van der Waals surface area contributed by atoms with Crippen LogP contribution in [0.3, 0.4) is 0 Å². The molecule has 0 radical (unpaired) electrons. The smallest absolute Gasteiger partial charge is 0.315 e. The molecule has 0 bridgehead atoms. The molecule has 166 valence electrons. The minimum absolute atomic E-state index is 0.0478. The second kappa shape index (κ2) is 7.71. The van der Waals surface area contributed by atoms with Crippen LogP contribution < -0.4 is 16.6 Å². The van der Waals surface area contributed by atoms with Crippen molar-refractivity contribution in [1.29, 1.82) is 0 Å². The van der Waals surface area contributed by atoms with Gasteiger partial charge in [0.25, 0.3) is 5.56 Å². The van der Waals surface area contributed by atoms with Gasteiger partial charge < -0.3 is 9.88 Å². The highest BCUT2D eigenvalue weighted by molar-refractivity contribution is 7.13. The predicted molar refractivity (Wildman–Crippen MR) is 109 cm³/mol. The number of aromatic nitrogens is 6. The Hall–Kier alpha value is -3.81. The first-order valence-electron chi connectivity index (χ1n) is 8.98. The average Bonchev–Trinajstić information content (AvgIpc) is 3.33. The molecule has 0 spiro atoms. The molecule has 0 aliphatic rings. The van der Waals surface area contributed by atoms with E-state index in [1.165, 1.54) is 36.4 Å². The summed E-state index contributed by atoms with van der Waals surface area (Å²) in [6.07, 6.45) is -2.01. The van der Waals surface area contributed by atoms with Crippen LogP contribution in [-0.4, -0.2) is 35.0 Å². The number of thiazole rings is 1. The summed E-state index contributed by atoms with van der Waals surface area (Å²) in [6.45, 7) is 0.970. The number of aryl methyl sites for hydroxylation is 2. The largest absolute Gasteiger partial charge is 0.418 e. The fraction of sp³-hybridized carbons (Fsp3) is 0.222. The molecule has 0 unspecified atom stereocenters. The van der Waals surface area contributed by atoms with Gasteiger partial charge in [-0.15, -0.1) is 11.3 Å². The van der Waals surface area contributed by atoms with Crippen LogP contribution in [0.2, 0.25) is 0 Å². The van der Waals surface area contributed by atoms with E-state index in [0.717, 1.165) is 22.0 Å². The summed E-state index contributed by atoms with van der Waals surface area (Å²) in [7, 11) is 1.43. The van der Waals surface area contributed by atoms with Crippen molar-refractivity contribution in [2.45, 2.75) is 19.6 Å². The topological polar surface area (TPSA) is 128 Å². The number of nitrogens with zero attached hydrogens (tertiary/aromatic N) is 5. The summed E-state index contributed by atoms with van der Waals surface area (Å²) in [5.74, 6) is -0.415. The highest BCUT2D eigenvalue weighted by atomic mass is 32.1. The van der Waals surface area contributed by atoms with Gasteiger partial charge in [-0.25, -0.2) is 14.8 Å². The van der Waals surface area contributed by atoms with Gasteiger partial charge in [0.05, 0.1) is 11.9 Å². The second-order valence-corrected chi connectivity index (χ2v) is 7.66. The van der Waals surface area contributed by atoms with Crippen LogP contribution in [0.15, 0.2) is 33.6 Å². The summed E-state index contributed by atoms with van der Waals surface area (Å²) in [6, 6.07) is 0.959. The van der Waals surface area contributed by atoms with Gasteiger partial charge in [0.15, 0.2) is 11.2 Å². The molecule has 1 amide bonds. The number of aromatic amines is 1. The van der Waals surface area contributed by atoms with E-state index in [-0.39, 0.29) is 39.8 Å². The SMILES string of the molecule is Cc1ncc(-c2nc(NC(=O)Cn3cnc4c3c(=O)[nH]c(=O)n4C)cs2)cc1C(F)(F)F. The van der Waals surface area contributed by atoms with Crippen molar-refractivity contribution < 1.29 is 18.0 Å². The van der Waals surface area contributed by atoms with Crippen LogP contribution in [-0.2, 0) is 24.6 Å². The fourth-order valence-corrected chi connectivity index (χ4v) is 3.78. The Morgan fingerprint density at radius 1 is 1.28 bits per heavy atom. The third kappa shape index (κ3) is 3.91. The van der Waals surface area contributed by atoms with Crippen molar-refractivity contribution in [3.05, 3.63) is 56.1 Å². The summed E-state index contributed by atoms with van der Waals surface area (Å²) in [5.41, 5.74) is -1.99. The van der Waals surface area contributed by atoms with E-state index in [0.29, 0.717) is 0 Å². The van der Waals surface area contributed by atoms with Gasteiger partial charge in [-0.3, -0.25) is 24.1 Å². The lowest BCUT2D eigenvalue weighted by Gasteiger charge is -2.10. The van der Waals surface area contributed by atoms with Crippen molar-refractivity contribution in [3.8, 4) is 10.6 Å². The zero-order valence-electron chi connectivity index (χ0n) is 16.5. The third-order valence-electron chi connectivity index (χ3n) is 4.60. The molecule has 0 aliphatic heterocycles. The van der Waals surface area contributed by atoms with Gasteiger partial charge in [-0.2, -0.15) is 13.2 Å². The Morgan fingerprint density at radius 2 is 2.03 bits per heavy atom. The number of amides is 1. The van der Waals surface area contributed by atoms with Crippen molar-refractivity contribution >= 4 is 34.2 Å². The monoisotopic (exact) mass is 465 g/mol. The minimum atomic E-state index is -4.55. The Balaban J connectivity index is 1.55. The number of imidazole rings is 1. The lowest BCUT2D eigenvalue weighted by atomic mass is 10.1. The van der Waals surface area contributed by atoms with Gasteiger partial charge >= 0.3 is 11.9 Å². The van der Waals surface area contributed by atoms with Crippen LogP contribution >= 0.6 is 11.3 Å². The first-order valence-corrected chi connectivity index (χ1v) is 9.86. The van der Waals surface area contributed by atoms with E-state index in [9.17, 15) is 27.6 Å². The molecule has 4 aromatic rings. The highest BCUT2D eigenvalue weighted by Crippen LogP contribution is 2.34. The number of H-pyrrole nitrogens is 1. The molecule has 14 heteroatoms. The number of alkyl halides is 3. The molecule has 4 rings (SSSR count). The first-order chi connectivity index (χ1) is 15.0. The number of rotatable bonds is 4. The molecule has 32 heavy (non-hydrogen) atoms. The highest BCUT2D eigenvalue weighted by Gasteiger charge is 2.33. The molecule has 0 saturated carbocycles. The van der Waals surface area contributed by atoms with Gasteiger partial charge in [0.2, 0.25) is 5.91 Å². The number of anilines is 1. The summed E-state index contributed by atoms with van der Waals surface area (Å²) in [5, 5.41) is 4.25. The molecular formula is C18H14F3N7O3S. The van der Waals surface area contributed by atoms with Crippen LogP contribution in [0.1, 0.15) is 11.3 Å². The number of carbonyl (C=O) groups excluding carboxylic acids is 1. The van der Waals surface area contributed by atoms with E-state index in [1.807, 2.05) is 0 Å². The van der Waals surface area contributed by atoms with Gasteiger partial charge in [-0.1, -0.05) is 0 Å². The Morgan fingerprint density at radius 3 is 2.75 bits per heavy atom. The van der Waals surface area contributed by atoms with Gasteiger partial charge in [0.1, 0.15) is 17.4 Å². The maximum absolute atomic E-state index is 13.1. The Labute approximate surface area is 180 Å².